The Morgan fingerprint density at radius 1 is 1.03 bits per heavy atom. The fourth-order valence-electron chi connectivity index (χ4n) is 3.46. The number of benzene rings is 2. The summed E-state index contributed by atoms with van der Waals surface area (Å²) >= 11 is 1.57. The second-order valence-corrected chi connectivity index (χ2v) is 8.76. The Morgan fingerprint density at radius 2 is 1.81 bits per heavy atom. The highest BCUT2D eigenvalue weighted by Gasteiger charge is 2.22. The second kappa shape index (κ2) is 10.5. The van der Waals surface area contributed by atoms with Crippen LogP contribution >= 0.6 is 11.8 Å². The number of thioether (sulfide) groups is 1. The summed E-state index contributed by atoms with van der Waals surface area (Å²) in [6.45, 7) is 4.89. The van der Waals surface area contributed by atoms with Gasteiger partial charge in [0.15, 0.2) is 16.8 Å². The molecule has 1 atom stereocenters. The minimum absolute atomic E-state index is 0.0432. The SMILES string of the molecule is CCCc1noc(C(C)Sc2nnc(-c3ccccc3OC)n2CCc2ccccc2)n1. The predicted octanol–water partition coefficient (Wildman–Crippen LogP) is 5.39. The van der Waals surface area contributed by atoms with Gasteiger partial charge in [0.05, 0.1) is 17.9 Å². The highest BCUT2D eigenvalue weighted by Crippen LogP contribution is 2.36. The van der Waals surface area contributed by atoms with Crippen molar-refractivity contribution in [3.05, 3.63) is 71.9 Å². The smallest absolute Gasteiger partial charge is 0.239 e. The molecule has 2 aromatic carbocycles. The molecule has 4 rings (SSSR count). The highest BCUT2D eigenvalue weighted by molar-refractivity contribution is 7.99. The van der Waals surface area contributed by atoms with Gasteiger partial charge in [0.25, 0.3) is 0 Å². The van der Waals surface area contributed by atoms with E-state index in [9.17, 15) is 0 Å². The number of aromatic nitrogens is 5. The van der Waals surface area contributed by atoms with Crippen molar-refractivity contribution < 1.29 is 9.26 Å². The van der Waals surface area contributed by atoms with E-state index in [1.807, 2.05) is 37.3 Å². The van der Waals surface area contributed by atoms with Crippen LogP contribution in [0.3, 0.4) is 0 Å². The number of para-hydroxylation sites is 1. The molecule has 32 heavy (non-hydrogen) atoms. The number of methoxy groups -OCH3 is 1. The molecule has 4 aromatic rings. The lowest BCUT2D eigenvalue weighted by atomic mass is 10.1. The van der Waals surface area contributed by atoms with Gasteiger partial charge in [-0.3, -0.25) is 0 Å². The van der Waals surface area contributed by atoms with Crippen molar-refractivity contribution in [2.24, 2.45) is 0 Å². The van der Waals surface area contributed by atoms with Crippen molar-refractivity contribution in [1.29, 1.82) is 0 Å². The Morgan fingerprint density at radius 3 is 2.59 bits per heavy atom. The highest BCUT2D eigenvalue weighted by atomic mass is 32.2. The molecule has 0 spiro atoms. The third-order valence-corrected chi connectivity index (χ3v) is 6.19. The monoisotopic (exact) mass is 449 g/mol. The molecule has 0 saturated heterocycles. The first-order chi connectivity index (χ1) is 15.7. The Bertz CT molecular complexity index is 1140. The van der Waals surface area contributed by atoms with Crippen LogP contribution in [0.4, 0.5) is 0 Å². The molecule has 1 unspecified atom stereocenters. The van der Waals surface area contributed by atoms with Crippen LogP contribution in [0.15, 0.2) is 64.3 Å². The molecule has 0 radical (unpaired) electrons. The van der Waals surface area contributed by atoms with E-state index in [1.54, 1.807) is 18.9 Å². The normalized spacial score (nSPS) is 12.1. The third-order valence-electron chi connectivity index (χ3n) is 5.12. The third kappa shape index (κ3) is 5.02. The molecule has 0 aliphatic rings. The van der Waals surface area contributed by atoms with Crippen molar-refractivity contribution in [3.63, 3.8) is 0 Å². The van der Waals surface area contributed by atoms with Crippen LogP contribution < -0.4 is 4.74 Å². The summed E-state index contributed by atoms with van der Waals surface area (Å²) in [6, 6.07) is 18.3. The molecular weight excluding hydrogens is 422 g/mol. The van der Waals surface area contributed by atoms with E-state index in [1.165, 1.54) is 5.56 Å². The summed E-state index contributed by atoms with van der Waals surface area (Å²) in [5.74, 6) is 2.90. The minimum Gasteiger partial charge on any atom is -0.496 e. The molecule has 0 fully saturated rings. The lowest BCUT2D eigenvalue weighted by Crippen LogP contribution is -2.06. The van der Waals surface area contributed by atoms with Crippen molar-refractivity contribution in [1.82, 2.24) is 24.9 Å². The zero-order valence-electron chi connectivity index (χ0n) is 18.6. The van der Waals surface area contributed by atoms with Gasteiger partial charge in [0, 0.05) is 13.0 Å². The van der Waals surface area contributed by atoms with Gasteiger partial charge in [-0.25, -0.2) is 0 Å². The maximum Gasteiger partial charge on any atom is 0.239 e. The van der Waals surface area contributed by atoms with Gasteiger partial charge in [-0.1, -0.05) is 66.3 Å². The fraction of sp³-hybridized carbons (Fsp3) is 0.333. The number of hydrogen-bond acceptors (Lipinski definition) is 7. The lowest BCUT2D eigenvalue weighted by Gasteiger charge is -2.13. The first-order valence-corrected chi connectivity index (χ1v) is 11.7. The average Bonchev–Trinajstić information content (AvgIpc) is 3.46. The van der Waals surface area contributed by atoms with Gasteiger partial charge in [-0.05, 0) is 37.5 Å². The Kier molecular flexibility index (Phi) is 7.21. The summed E-state index contributed by atoms with van der Waals surface area (Å²) < 4.78 is 13.2. The molecule has 8 heteroatoms. The van der Waals surface area contributed by atoms with Crippen molar-refractivity contribution in [2.75, 3.05) is 7.11 Å². The first kappa shape index (κ1) is 22.1. The van der Waals surface area contributed by atoms with Gasteiger partial charge in [0.1, 0.15) is 5.75 Å². The average molecular weight is 450 g/mol. The van der Waals surface area contributed by atoms with E-state index in [2.05, 4.69) is 56.1 Å². The molecule has 2 aromatic heterocycles. The van der Waals surface area contributed by atoms with Gasteiger partial charge in [-0.15, -0.1) is 10.2 Å². The molecule has 166 valence electrons. The van der Waals surface area contributed by atoms with E-state index in [-0.39, 0.29) is 5.25 Å². The molecule has 0 aliphatic heterocycles. The Balaban J connectivity index is 1.64. The zero-order chi connectivity index (χ0) is 22.3. The quantitative estimate of drug-likeness (QED) is 0.301. The number of ether oxygens (including phenoxy) is 1. The van der Waals surface area contributed by atoms with Gasteiger partial charge >= 0.3 is 0 Å². The summed E-state index contributed by atoms with van der Waals surface area (Å²) in [6.07, 6.45) is 2.66. The summed E-state index contributed by atoms with van der Waals surface area (Å²) in [5, 5.41) is 13.9. The maximum atomic E-state index is 5.58. The fourth-order valence-corrected chi connectivity index (χ4v) is 4.36. The zero-order valence-corrected chi connectivity index (χ0v) is 19.4. The van der Waals surface area contributed by atoms with Crippen LogP contribution in [0.25, 0.3) is 11.4 Å². The van der Waals surface area contributed by atoms with Gasteiger partial charge in [0.2, 0.25) is 5.89 Å². The van der Waals surface area contributed by atoms with Crippen LogP contribution in [0.5, 0.6) is 5.75 Å². The van der Waals surface area contributed by atoms with Crippen LogP contribution in [0.2, 0.25) is 0 Å². The van der Waals surface area contributed by atoms with E-state index in [4.69, 9.17) is 9.26 Å². The topological polar surface area (TPSA) is 78.9 Å². The van der Waals surface area contributed by atoms with Gasteiger partial charge < -0.3 is 13.8 Å². The number of rotatable bonds is 10. The van der Waals surface area contributed by atoms with E-state index < -0.39 is 0 Å². The molecule has 0 aliphatic carbocycles. The molecule has 0 N–H and O–H groups in total. The number of nitrogens with zero attached hydrogens (tertiary/aromatic N) is 5. The minimum atomic E-state index is -0.0432. The second-order valence-electron chi connectivity index (χ2n) is 7.45. The molecule has 7 nitrogen and oxygen atoms in total. The summed E-state index contributed by atoms with van der Waals surface area (Å²) in [7, 11) is 1.67. The Labute approximate surface area is 192 Å². The van der Waals surface area contributed by atoms with Crippen LogP contribution in [0, 0.1) is 0 Å². The van der Waals surface area contributed by atoms with Crippen LogP contribution in [0.1, 0.15) is 42.8 Å². The Hall–Kier alpha value is -3.13. The summed E-state index contributed by atoms with van der Waals surface area (Å²) in [4.78, 5) is 4.54. The van der Waals surface area contributed by atoms with E-state index in [0.717, 1.165) is 53.9 Å². The largest absolute Gasteiger partial charge is 0.496 e. The van der Waals surface area contributed by atoms with Crippen molar-refractivity contribution in [3.8, 4) is 17.1 Å². The van der Waals surface area contributed by atoms with Gasteiger partial charge in [-0.2, -0.15) is 4.98 Å². The number of hydrogen-bond donors (Lipinski definition) is 0. The molecule has 0 bridgehead atoms. The molecule has 0 saturated carbocycles. The summed E-state index contributed by atoms with van der Waals surface area (Å²) in [5.41, 5.74) is 2.18. The molecular formula is C24H27N5O2S. The van der Waals surface area contributed by atoms with E-state index >= 15 is 0 Å². The molecule has 0 amide bonds. The predicted molar refractivity (Wildman–Crippen MR) is 125 cm³/mol. The van der Waals surface area contributed by atoms with Crippen LogP contribution in [-0.4, -0.2) is 32.0 Å². The number of aryl methyl sites for hydroxylation is 2. The molecule has 2 heterocycles. The lowest BCUT2D eigenvalue weighted by molar-refractivity contribution is 0.374. The maximum absolute atomic E-state index is 5.58. The standard InChI is InChI=1S/C24H27N5O2S/c1-4-10-21-25-23(31-28-21)17(2)32-24-27-26-22(19-13-8-9-14-20(19)30-3)29(24)16-15-18-11-6-5-7-12-18/h5-9,11-14,17H,4,10,15-16H2,1-3H3. The van der Waals surface area contributed by atoms with Crippen LogP contribution in [-0.2, 0) is 19.4 Å². The van der Waals surface area contributed by atoms with Crippen molar-refractivity contribution >= 4 is 11.8 Å². The van der Waals surface area contributed by atoms with Crippen molar-refractivity contribution in [2.45, 2.75) is 50.1 Å². The first-order valence-electron chi connectivity index (χ1n) is 10.8. The van der Waals surface area contributed by atoms with E-state index in [0.29, 0.717) is 5.89 Å².